The van der Waals surface area contributed by atoms with Gasteiger partial charge in [-0.25, -0.2) is 0 Å². The van der Waals surface area contributed by atoms with E-state index in [1.807, 2.05) is 0 Å². The molecule has 0 spiro atoms. The summed E-state index contributed by atoms with van der Waals surface area (Å²) >= 11 is 0. The standard InChI is InChI=1S/C32H64N2/c1-4-7-10-13-14-15-16-17-18-19-20-21-23-26-29-34-31-30-33(28-25-12-9-6-3)32(34)27-24-22-11-8-5-2/h30-32H,4-29H2,1-3H3. The zero-order chi connectivity index (χ0) is 24.5. The second kappa shape index (κ2) is 24.1. The van der Waals surface area contributed by atoms with Crippen LogP contribution in [0.4, 0.5) is 0 Å². The fourth-order valence-corrected chi connectivity index (χ4v) is 5.48. The smallest absolute Gasteiger partial charge is 0.101 e. The van der Waals surface area contributed by atoms with Crippen LogP contribution in [0.3, 0.4) is 0 Å². The van der Waals surface area contributed by atoms with Crippen LogP contribution in [-0.2, 0) is 0 Å². The van der Waals surface area contributed by atoms with Gasteiger partial charge in [0.25, 0.3) is 0 Å². The molecule has 0 saturated carbocycles. The second-order valence-corrected chi connectivity index (χ2v) is 11.1. The molecule has 1 aliphatic rings. The largest absolute Gasteiger partial charge is 0.356 e. The Kier molecular flexibility index (Phi) is 22.2. The summed E-state index contributed by atoms with van der Waals surface area (Å²) in [5.74, 6) is 0. The Labute approximate surface area is 216 Å². The SMILES string of the molecule is CCCCCCCCCCCCCCCCN1C=CN(CCCCCC)C1CCCCCCC. The van der Waals surface area contributed by atoms with Crippen molar-refractivity contribution in [2.75, 3.05) is 13.1 Å². The van der Waals surface area contributed by atoms with Crippen molar-refractivity contribution in [3.8, 4) is 0 Å². The average Bonchev–Trinajstić information content (AvgIpc) is 3.23. The minimum atomic E-state index is 0.644. The first-order chi connectivity index (χ1) is 16.8. The van der Waals surface area contributed by atoms with Crippen LogP contribution in [0, 0.1) is 0 Å². The molecule has 0 aromatic carbocycles. The van der Waals surface area contributed by atoms with E-state index in [-0.39, 0.29) is 0 Å². The summed E-state index contributed by atoms with van der Waals surface area (Å²) in [6.07, 6.45) is 39.5. The van der Waals surface area contributed by atoms with Gasteiger partial charge in [-0.3, -0.25) is 0 Å². The van der Waals surface area contributed by atoms with Crippen molar-refractivity contribution in [2.45, 2.75) is 181 Å². The molecule has 2 heteroatoms. The van der Waals surface area contributed by atoms with E-state index in [9.17, 15) is 0 Å². The van der Waals surface area contributed by atoms with Crippen molar-refractivity contribution >= 4 is 0 Å². The fraction of sp³-hybridized carbons (Fsp3) is 0.938. The lowest BCUT2D eigenvalue weighted by atomic mass is 10.0. The molecule has 0 N–H and O–H groups in total. The van der Waals surface area contributed by atoms with Crippen LogP contribution in [0.25, 0.3) is 0 Å². The monoisotopic (exact) mass is 477 g/mol. The molecule has 34 heavy (non-hydrogen) atoms. The fourth-order valence-electron chi connectivity index (χ4n) is 5.48. The minimum Gasteiger partial charge on any atom is -0.356 e. The molecule has 1 unspecified atom stereocenters. The highest BCUT2D eigenvalue weighted by Gasteiger charge is 2.24. The summed E-state index contributed by atoms with van der Waals surface area (Å²) in [4.78, 5) is 5.35. The number of nitrogens with zero attached hydrogens (tertiary/aromatic N) is 2. The molecule has 202 valence electrons. The maximum Gasteiger partial charge on any atom is 0.101 e. The van der Waals surface area contributed by atoms with Crippen molar-refractivity contribution in [2.24, 2.45) is 0 Å². The van der Waals surface area contributed by atoms with Gasteiger partial charge in [-0.1, -0.05) is 149 Å². The highest BCUT2D eigenvalue weighted by Crippen LogP contribution is 2.23. The van der Waals surface area contributed by atoms with Crippen molar-refractivity contribution in [3.05, 3.63) is 12.4 Å². The van der Waals surface area contributed by atoms with E-state index < -0.39 is 0 Å². The summed E-state index contributed by atoms with van der Waals surface area (Å²) in [6, 6.07) is 0. The van der Waals surface area contributed by atoms with Crippen LogP contribution < -0.4 is 0 Å². The molecular weight excluding hydrogens is 412 g/mol. The van der Waals surface area contributed by atoms with E-state index in [4.69, 9.17) is 0 Å². The van der Waals surface area contributed by atoms with Gasteiger partial charge >= 0.3 is 0 Å². The zero-order valence-electron chi connectivity index (χ0n) is 24.0. The quantitative estimate of drug-likeness (QED) is 0.114. The molecule has 0 bridgehead atoms. The molecule has 1 aliphatic heterocycles. The third-order valence-electron chi connectivity index (χ3n) is 7.82. The molecule has 0 aliphatic carbocycles. The van der Waals surface area contributed by atoms with Crippen LogP contribution in [0.15, 0.2) is 12.4 Å². The highest BCUT2D eigenvalue weighted by atomic mass is 15.4. The van der Waals surface area contributed by atoms with Crippen LogP contribution in [0.1, 0.15) is 175 Å². The van der Waals surface area contributed by atoms with E-state index in [2.05, 4.69) is 43.0 Å². The summed E-state index contributed by atoms with van der Waals surface area (Å²) in [6.45, 7) is 9.45. The van der Waals surface area contributed by atoms with Gasteiger partial charge in [-0.2, -0.15) is 0 Å². The Morgan fingerprint density at radius 1 is 0.382 bits per heavy atom. The normalized spacial score (nSPS) is 15.7. The summed E-state index contributed by atoms with van der Waals surface area (Å²) in [5, 5.41) is 0. The van der Waals surface area contributed by atoms with E-state index >= 15 is 0 Å². The molecule has 0 amide bonds. The van der Waals surface area contributed by atoms with Crippen LogP contribution in [0.2, 0.25) is 0 Å². The number of hydrogen-bond acceptors (Lipinski definition) is 2. The first-order valence-electron chi connectivity index (χ1n) is 16.0. The Morgan fingerprint density at radius 3 is 1.06 bits per heavy atom. The number of unbranched alkanes of at least 4 members (excludes halogenated alkanes) is 20. The van der Waals surface area contributed by atoms with Crippen LogP contribution in [0.5, 0.6) is 0 Å². The molecule has 2 nitrogen and oxygen atoms in total. The molecule has 0 fully saturated rings. The summed E-state index contributed by atoms with van der Waals surface area (Å²) < 4.78 is 0. The molecule has 0 saturated heterocycles. The van der Waals surface area contributed by atoms with Gasteiger partial charge in [-0.05, 0) is 25.7 Å². The summed E-state index contributed by atoms with van der Waals surface area (Å²) in [5.41, 5.74) is 0. The Bertz CT molecular complexity index is 433. The lowest BCUT2D eigenvalue weighted by molar-refractivity contribution is 0.135. The number of rotatable bonds is 26. The summed E-state index contributed by atoms with van der Waals surface area (Å²) in [7, 11) is 0. The van der Waals surface area contributed by atoms with E-state index in [1.165, 1.54) is 167 Å². The van der Waals surface area contributed by atoms with Gasteiger partial charge in [0, 0.05) is 25.5 Å². The lowest BCUT2D eigenvalue weighted by Crippen LogP contribution is -2.39. The van der Waals surface area contributed by atoms with Crippen molar-refractivity contribution in [3.63, 3.8) is 0 Å². The first-order valence-corrected chi connectivity index (χ1v) is 16.0. The third-order valence-corrected chi connectivity index (χ3v) is 7.82. The highest BCUT2D eigenvalue weighted by molar-refractivity contribution is 4.97. The first kappa shape index (κ1) is 31.4. The molecule has 0 aromatic heterocycles. The molecule has 1 atom stereocenters. The Balaban J connectivity index is 2.10. The topological polar surface area (TPSA) is 6.48 Å². The Hall–Kier alpha value is -0.660. The maximum absolute atomic E-state index is 2.68. The van der Waals surface area contributed by atoms with Gasteiger partial charge in [0.1, 0.15) is 6.17 Å². The second-order valence-electron chi connectivity index (χ2n) is 11.1. The van der Waals surface area contributed by atoms with Crippen LogP contribution >= 0.6 is 0 Å². The average molecular weight is 477 g/mol. The molecule has 0 radical (unpaired) electrons. The van der Waals surface area contributed by atoms with Gasteiger partial charge in [0.15, 0.2) is 0 Å². The van der Waals surface area contributed by atoms with Crippen molar-refractivity contribution in [1.29, 1.82) is 0 Å². The molecule has 0 aromatic rings. The predicted molar refractivity (Wildman–Crippen MR) is 154 cm³/mol. The van der Waals surface area contributed by atoms with Gasteiger partial charge in [-0.15, -0.1) is 0 Å². The van der Waals surface area contributed by atoms with E-state index in [1.54, 1.807) is 0 Å². The molecule has 1 heterocycles. The third kappa shape index (κ3) is 16.9. The maximum atomic E-state index is 2.68. The predicted octanol–water partition coefficient (Wildman–Crippen LogP) is 10.8. The van der Waals surface area contributed by atoms with E-state index in [0.717, 1.165) is 0 Å². The van der Waals surface area contributed by atoms with Crippen LogP contribution in [-0.4, -0.2) is 29.1 Å². The minimum absolute atomic E-state index is 0.644. The van der Waals surface area contributed by atoms with E-state index in [0.29, 0.717) is 6.17 Å². The molecule has 1 rings (SSSR count). The Morgan fingerprint density at radius 2 is 0.676 bits per heavy atom. The van der Waals surface area contributed by atoms with Crippen molar-refractivity contribution < 1.29 is 0 Å². The van der Waals surface area contributed by atoms with Gasteiger partial charge in [0.05, 0.1) is 0 Å². The number of hydrogen-bond donors (Lipinski definition) is 0. The lowest BCUT2D eigenvalue weighted by Gasteiger charge is -2.33. The molecular formula is C32H64N2. The zero-order valence-corrected chi connectivity index (χ0v) is 24.0. The van der Waals surface area contributed by atoms with Gasteiger partial charge in [0.2, 0.25) is 0 Å². The van der Waals surface area contributed by atoms with Gasteiger partial charge < -0.3 is 9.80 Å². The van der Waals surface area contributed by atoms with Crippen molar-refractivity contribution in [1.82, 2.24) is 9.80 Å².